The molecule has 4 nitrogen and oxygen atoms in total. The largest absolute Gasteiger partial charge is 0.487 e. The average molecular weight is 274 g/mol. The zero-order chi connectivity index (χ0) is 15.0. The van der Waals surface area contributed by atoms with Crippen LogP contribution in [0.3, 0.4) is 0 Å². The summed E-state index contributed by atoms with van der Waals surface area (Å²) in [6.07, 6.45) is 3.68. The van der Waals surface area contributed by atoms with E-state index in [0.717, 1.165) is 11.3 Å². The summed E-state index contributed by atoms with van der Waals surface area (Å²) < 4.78 is 11.8. The summed E-state index contributed by atoms with van der Waals surface area (Å²) in [7, 11) is -0.358. The van der Waals surface area contributed by atoms with Crippen LogP contribution < -0.4 is 5.73 Å². The monoisotopic (exact) mass is 274 g/mol. The lowest BCUT2D eigenvalue weighted by Crippen LogP contribution is -2.41. The van der Waals surface area contributed by atoms with Gasteiger partial charge in [-0.25, -0.2) is 0 Å². The van der Waals surface area contributed by atoms with Crippen molar-refractivity contribution >= 4 is 13.2 Å². The van der Waals surface area contributed by atoms with E-state index in [1.165, 1.54) is 0 Å². The number of hydrogen-bond acceptors (Lipinski definition) is 4. The molecule has 2 N–H and O–H groups in total. The molecule has 20 heavy (non-hydrogen) atoms. The van der Waals surface area contributed by atoms with Gasteiger partial charge < -0.3 is 15.0 Å². The lowest BCUT2D eigenvalue weighted by Gasteiger charge is -2.32. The number of nitrogens with zero attached hydrogens (tertiary/aromatic N) is 1. The fraction of sp³-hybridized carbons (Fsp3) is 0.533. The maximum Gasteiger partial charge on any atom is 0.487 e. The normalized spacial score (nSPS) is 22.4. The second-order valence-corrected chi connectivity index (χ2v) is 6.25. The molecule has 0 bridgehead atoms. The maximum absolute atomic E-state index is 5.95. The summed E-state index contributed by atoms with van der Waals surface area (Å²) in [6.45, 7) is 10.1. The molecule has 1 aliphatic heterocycles. The van der Waals surface area contributed by atoms with Gasteiger partial charge in [0.05, 0.1) is 16.9 Å². The molecule has 2 heterocycles. The van der Waals surface area contributed by atoms with Crippen LogP contribution in [-0.4, -0.2) is 23.3 Å². The Hall–Kier alpha value is -1.17. The molecule has 1 fully saturated rings. The lowest BCUT2D eigenvalue weighted by molar-refractivity contribution is 0.00578. The molecule has 1 aromatic rings. The summed E-state index contributed by atoms with van der Waals surface area (Å²) in [5.74, 6) is 1.89. The standard InChI is InChI=1S/C15H23BN2O2/c1-11(17)12-7-6-10-18-13(12)8-9-16-19-14(2,3)15(4,5)20-16/h6-11H,17H2,1-5H3/b9-8+. The van der Waals surface area contributed by atoms with E-state index in [1.807, 2.05) is 58.8 Å². The van der Waals surface area contributed by atoms with Gasteiger partial charge in [0.15, 0.2) is 0 Å². The van der Waals surface area contributed by atoms with Crippen LogP contribution in [-0.2, 0) is 9.31 Å². The third kappa shape index (κ3) is 2.95. The summed E-state index contributed by atoms with van der Waals surface area (Å²) >= 11 is 0. The molecule has 1 unspecified atom stereocenters. The molecule has 0 aliphatic carbocycles. The molecule has 0 spiro atoms. The van der Waals surface area contributed by atoms with Crippen molar-refractivity contribution < 1.29 is 9.31 Å². The van der Waals surface area contributed by atoms with Gasteiger partial charge in [-0.2, -0.15) is 0 Å². The summed E-state index contributed by atoms with van der Waals surface area (Å²) in [4.78, 5) is 4.36. The molecule has 1 saturated heterocycles. The first kappa shape index (κ1) is 15.2. The van der Waals surface area contributed by atoms with E-state index in [4.69, 9.17) is 15.0 Å². The minimum absolute atomic E-state index is 0.0540. The summed E-state index contributed by atoms with van der Waals surface area (Å²) in [5, 5.41) is 0. The van der Waals surface area contributed by atoms with E-state index in [1.54, 1.807) is 6.20 Å². The Kier molecular flexibility index (Phi) is 4.05. The summed E-state index contributed by atoms with van der Waals surface area (Å²) in [5.41, 5.74) is 7.17. The zero-order valence-corrected chi connectivity index (χ0v) is 12.9. The van der Waals surface area contributed by atoms with E-state index in [2.05, 4.69) is 4.98 Å². The highest BCUT2D eigenvalue weighted by atomic mass is 16.7. The SMILES string of the molecule is CC(N)c1cccnc1/C=C/B1OC(C)(C)C(C)(C)O1. The molecule has 1 atom stereocenters. The summed E-state index contributed by atoms with van der Waals surface area (Å²) in [6, 6.07) is 3.83. The van der Waals surface area contributed by atoms with Crippen molar-refractivity contribution in [1.29, 1.82) is 0 Å². The topological polar surface area (TPSA) is 57.4 Å². The number of pyridine rings is 1. The molecule has 1 aromatic heterocycles. The number of nitrogens with two attached hydrogens (primary N) is 1. The first-order chi connectivity index (χ1) is 9.23. The van der Waals surface area contributed by atoms with E-state index in [0.29, 0.717) is 0 Å². The number of aromatic nitrogens is 1. The Labute approximate surface area is 121 Å². The second kappa shape index (κ2) is 5.32. The van der Waals surface area contributed by atoms with E-state index in [9.17, 15) is 0 Å². The molecule has 0 aromatic carbocycles. The number of rotatable bonds is 3. The van der Waals surface area contributed by atoms with Gasteiger partial charge in [-0.05, 0) is 52.3 Å². The predicted octanol–water partition coefficient (Wildman–Crippen LogP) is 2.75. The van der Waals surface area contributed by atoms with Crippen LogP contribution in [0.1, 0.15) is 51.9 Å². The Morgan fingerprint density at radius 2 is 1.85 bits per heavy atom. The molecular weight excluding hydrogens is 251 g/mol. The van der Waals surface area contributed by atoms with Gasteiger partial charge in [0.1, 0.15) is 0 Å². The third-order valence-electron chi connectivity index (χ3n) is 4.04. The molecule has 5 heteroatoms. The van der Waals surface area contributed by atoms with Crippen molar-refractivity contribution in [3.05, 3.63) is 35.6 Å². The Balaban J connectivity index is 2.16. The smallest absolute Gasteiger partial charge is 0.400 e. The molecule has 108 valence electrons. The van der Waals surface area contributed by atoms with Crippen molar-refractivity contribution in [2.75, 3.05) is 0 Å². The highest BCUT2D eigenvalue weighted by molar-refractivity contribution is 6.52. The lowest BCUT2D eigenvalue weighted by atomic mass is 9.89. The first-order valence-corrected chi connectivity index (χ1v) is 6.97. The average Bonchev–Trinajstić information content (AvgIpc) is 2.55. The van der Waals surface area contributed by atoms with Gasteiger partial charge in [0.25, 0.3) is 0 Å². The van der Waals surface area contributed by atoms with Crippen LogP contribution in [0.4, 0.5) is 0 Å². The van der Waals surface area contributed by atoms with Gasteiger partial charge >= 0.3 is 7.12 Å². The Bertz CT molecular complexity index is 496. The van der Waals surface area contributed by atoms with Crippen molar-refractivity contribution in [2.24, 2.45) is 5.73 Å². The molecule has 1 aliphatic rings. The van der Waals surface area contributed by atoms with Crippen LogP contribution in [0.5, 0.6) is 0 Å². The van der Waals surface area contributed by atoms with Crippen LogP contribution in [0, 0.1) is 0 Å². The molecule has 0 saturated carbocycles. The Morgan fingerprint density at radius 1 is 1.25 bits per heavy atom. The van der Waals surface area contributed by atoms with Gasteiger partial charge in [0, 0.05) is 12.2 Å². The second-order valence-electron chi connectivity index (χ2n) is 6.25. The van der Waals surface area contributed by atoms with Gasteiger partial charge in [-0.1, -0.05) is 12.0 Å². The minimum atomic E-state index is -0.358. The van der Waals surface area contributed by atoms with Crippen LogP contribution >= 0.6 is 0 Å². The third-order valence-corrected chi connectivity index (χ3v) is 4.04. The maximum atomic E-state index is 5.95. The molecule has 0 amide bonds. The van der Waals surface area contributed by atoms with Gasteiger partial charge in [-0.15, -0.1) is 0 Å². The van der Waals surface area contributed by atoms with E-state index in [-0.39, 0.29) is 24.4 Å². The van der Waals surface area contributed by atoms with E-state index < -0.39 is 0 Å². The minimum Gasteiger partial charge on any atom is -0.400 e. The fourth-order valence-corrected chi connectivity index (χ4v) is 2.09. The van der Waals surface area contributed by atoms with Crippen molar-refractivity contribution in [1.82, 2.24) is 4.98 Å². The molecule has 2 rings (SSSR count). The first-order valence-electron chi connectivity index (χ1n) is 6.97. The number of hydrogen-bond donors (Lipinski definition) is 1. The van der Waals surface area contributed by atoms with Crippen LogP contribution in [0.25, 0.3) is 6.08 Å². The van der Waals surface area contributed by atoms with Crippen LogP contribution in [0.15, 0.2) is 24.3 Å². The van der Waals surface area contributed by atoms with E-state index >= 15 is 0 Å². The van der Waals surface area contributed by atoms with Gasteiger partial charge in [-0.3, -0.25) is 4.98 Å². The molecule has 0 radical (unpaired) electrons. The van der Waals surface area contributed by atoms with Crippen LogP contribution in [0.2, 0.25) is 0 Å². The predicted molar refractivity (Wildman–Crippen MR) is 82.0 cm³/mol. The van der Waals surface area contributed by atoms with Crippen molar-refractivity contribution in [2.45, 2.75) is 51.9 Å². The Morgan fingerprint density at radius 3 is 2.40 bits per heavy atom. The highest BCUT2D eigenvalue weighted by Gasteiger charge is 2.50. The highest BCUT2D eigenvalue weighted by Crippen LogP contribution is 2.37. The van der Waals surface area contributed by atoms with Crippen molar-refractivity contribution in [3.8, 4) is 0 Å². The fourth-order valence-electron chi connectivity index (χ4n) is 2.09. The molecular formula is C15H23BN2O2. The van der Waals surface area contributed by atoms with Gasteiger partial charge in [0.2, 0.25) is 0 Å². The van der Waals surface area contributed by atoms with Crippen molar-refractivity contribution in [3.63, 3.8) is 0 Å². The zero-order valence-electron chi connectivity index (χ0n) is 12.9. The quantitative estimate of drug-likeness (QED) is 0.861.